The van der Waals surface area contributed by atoms with Crippen molar-refractivity contribution in [1.82, 2.24) is 0 Å². The average Bonchev–Trinajstić information content (AvgIpc) is 3.64. The predicted molar refractivity (Wildman–Crippen MR) is 206 cm³/mol. The fourth-order valence-electron chi connectivity index (χ4n) is 8.16. The Balaban J connectivity index is 1.20. The van der Waals surface area contributed by atoms with E-state index in [1.807, 2.05) is 0 Å². The van der Waals surface area contributed by atoms with Crippen LogP contribution in [0.15, 0.2) is 168 Å². The molecule has 1 aliphatic rings. The van der Waals surface area contributed by atoms with Crippen LogP contribution in [0.3, 0.4) is 0 Å². The molecule has 1 heterocycles. The molecular formula is C47H33NO. The summed E-state index contributed by atoms with van der Waals surface area (Å²) in [6, 6.07) is 59.4. The van der Waals surface area contributed by atoms with E-state index in [1.165, 1.54) is 49.5 Å². The Morgan fingerprint density at radius 3 is 1.94 bits per heavy atom. The summed E-state index contributed by atoms with van der Waals surface area (Å²) in [4.78, 5) is 2.39. The van der Waals surface area contributed by atoms with E-state index in [9.17, 15) is 0 Å². The number of hydrogen-bond donors (Lipinski definition) is 0. The largest absolute Gasteiger partial charge is 0.455 e. The van der Waals surface area contributed by atoms with Gasteiger partial charge in [-0.3, -0.25) is 0 Å². The molecule has 0 amide bonds. The molecule has 0 saturated carbocycles. The minimum Gasteiger partial charge on any atom is -0.455 e. The van der Waals surface area contributed by atoms with Gasteiger partial charge in [-0.15, -0.1) is 0 Å². The first kappa shape index (κ1) is 27.9. The van der Waals surface area contributed by atoms with E-state index in [2.05, 4.69) is 183 Å². The van der Waals surface area contributed by atoms with Crippen molar-refractivity contribution in [3.63, 3.8) is 0 Å². The van der Waals surface area contributed by atoms with E-state index in [1.54, 1.807) is 0 Å². The second-order valence-corrected chi connectivity index (χ2v) is 13.8. The van der Waals surface area contributed by atoms with Crippen molar-refractivity contribution in [3.8, 4) is 22.3 Å². The molecule has 10 rings (SSSR count). The average molecular weight is 628 g/mol. The molecule has 1 aromatic heterocycles. The normalized spacial score (nSPS) is 13.3. The van der Waals surface area contributed by atoms with Gasteiger partial charge in [0.1, 0.15) is 11.2 Å². The quantitative estimate of drug-likeness (QED) is 0.193. The first-order valence-electron chi connectivity index (χ1n) is 17.0. The van der Waals surface area contributed by atoms with Crippen LogP contribution < -0.4 is 4.90 Å². The Hall–Kier alpha value is -6.12. The Labute approximate surface area is 285 Å². The molecule has 0 N–H and O–H groups in total. The number of rotatable bonds is 4. The third-order valence-corrected chi connectivity index (χ3v) is 10.6. The van der Waals surface area contributed by atoms with Gasteiger partial charge >= 0.3 is 0 Å². The summed E-state index contributed by atoms with van der Waals surface area (Å²) in [5.41, 5.74) is 12.9. The SMILES string of the molecule is CC1(C)c2ccccc2-c2c1ccc1ccc(N(c3ccc(-c4ccccc4)cc3)c3ccc4oc5c6ccccc6ccc5c4c3)cc21. The van der Waals surface area contributed by atoms with Crippen molar-refractivity contribution in [3.05, 3.63) is 175 Å². The highest BCUT2D eigenvalue weighted by Gasteiger charge is 2.36. The Morgan fingerprint density at radius 2 is 1.08 bits per heavy atom. The standard InChI is InChI=1S/C47H33NO/c1-47(2)42-15-9-8-14-39(42)45-40-28-35(23-18-33(40)20-26-43(45)47)48(34-21-16-31(17-22-34)30-10-4-3-5-11-30)36-24-27-44-41(29-36)38-25-19-32-12-6-7-13-37(32)46(38)49-44/h3-29H,1-2H3. The Kier molecular flexibility index (Phi) is 5.95. The highest BCUT2D eigenvalue weighted by atomic mass is 16.3. The van der Waals surface area contributed by atoms with Crippen molar-refractivity contribution >= 4 is 60.5 Å². The molecule has 0 fully saturated rings. The number of benzene rings is 8. The van der Waals surface area contributed by atoms with Crippen LogP contribution in [-0.2, 0) is 5.41 Å². The summed E-state index contributed by atoms with van der Waals surface area (Å²) in [6.45, 7) is 4.70. The monoisotopic (exact) mass is 627 g/mol. The van der Waals surface area contributed by atoms with Gasteiger partial charge in [0.2, 0.25) is 0 Å². The minimum absolute atomic E-state index is 0.0549. The number of hydrogen-bond acceptors (Lipinski definition) is 2. The number of fused-ring (bicyclic) bond motifs is 10. The van der Waals surface area contributed by atoms with Crippen LogP contribution in [0.25, 0.3) is 65.7 Å². The van der Waals surface area contributed by atoms with E-state index in [0.29, 0.717) is 0 Å². The van der Waals surface area contributed by atoms with Crippen LogP contribution in [0.2, 0.25) is 0 Å². The molecule has 0 aliphatic heterocycles. The van der Waals surface area contributed by atoms with Crippen LogP contribution in [-0.4, -0.2) is 0 Å². The topological polar surface area (TPSA) is 16.4 Å². The fraction of sp³-hybridized carbons (Fsp3) is 0.0638. The van der Waals surface area contributed by atoms with Gasteiger partial charge in [0.15, 0.2) is 0 Å². The zero-order valence-electron chi connectivity index (χ0n) is 27.4. The lowest BCUT2D eigenvalue weighted by molar-refractivity contribution is 0.661. The van der Waals surface area contributed by atoms with Gasteiger partial charge in [0, 0.05) is 38.6 Å². The second-order valence-electron chi connectivity index (χ2n) is 13.8. The maximum absolute atomic E-state index is 6.52. The summed E-state index contributed by atoms with van der Waals surface area (Å²) in [7, 11) is 0. The zero-order chi connectivity index (χ0) is 32.7. The van der Waals surface area contributed by atoms with Gasteiger partial charge < -0.3 is 9.32 Å². The van der Waals surface area contributed by atoms with Crippen molar-refractivity contribution in [2.75, 3.05) is 4.90 Å². The van der Waals surface area contributed by atoms with E-state index in [0.717, 1.165) is 44.4 Å². The van der Waals surface area contributed by atoms with E-state index in [4.69, 9.17) is 4.42 Å². The van der Waals surface area contributed by atoms with Crippen LogP contribution in [0.5, 0.6) is 0 Å². The summed E-state index contributed by atoms with van der Waals surface area (Å²) in [5.74, 6) is 0. The third kappa shape index (κ3) is 4.20. The maximum Gasteiger partial charge on any atom is 0.143 e. The molecule has 49 heavy (non-hydrogen) atoms. The van der Waals surface area contributed by atoms with Crippen molar-refractivity contribution in [1.29, 1.82) is 0 Å². The lowest BCUT2D eigenvalue weighted by Crippen LogP contribution is -2.14. The molecule has 232 valence electrons. The van der Waals surface area contributed by atoms with Crippen molar-refractivity contribution in [2.24, 2.45) is 0 Å². The fourth-order valence-corrected chi connectivity index (χ4v) is 8.16. The highest BCUT2D eigenvalue weighted by molar-refractivity contribution is 6.15. The molecule has 0 saturated heterocycles. The van der Waals surface area contributed by atoms with E-state index < -0.39 is 0 Å². The lowest BCUT2D eigenvalue weighted by atomic mass is 9.82. The summed E-state index contributed by atoms with van der Waals surface area (Å²) >= 11 is 0. The molecule has 8 aromatic carbocycles. The number of furan rings is 1. The number of anilines is 3. The van der Waals surface area contributed by atoms with E-state index in [-0.39, 0.29) is 5.41 Å². The smallest absolute Gasteiger partial charge is 0.143 e. The molecule has 9 aromatic rings. The lowest BCUT2D eigenvalue weighted by Gasteiger charge is -2.27. The molecule has 0 atom stereocenters. The van der Waals surface area contributed by atoms with Crippen LogP contribution in [0.1, 0.15) is 25.0 Å². The van der Waals surface area contributed by atoms with Crippen molar-refractivity contribution < 1.29 is 4.42 Å². The van der Waals surface area contributed by atoms with Gasteiger partial charge in [0.25, 0.3) is 0 Å². The Morgan fingerprint density at radius 1 is 0.449 bits per heavy atom. The van der Waals surface area contributed by atoms with Gasteiger partial charge in [-0.2, -0.15) is 0 Å². The molecular weight excluding hydrogens is 595 g/mol. The van der Waals surface area contributed by atoms with E-state index >= 15 is 0 Å². The molecule has 0 spiro atoms. The van der Waals surface area contributed by atoms with Crippen LogP contribution >= 0.6 is 0 Å². The highest BCUT2D eigenvalue weighted by Crippen LogP contribution is 2.52. The molecule has 0 radical (unpaired) electrons. The van der Waals surface area contributed by atoms with Crippen molar-refractivity contribution in [2.45, 2.75) is 19.3 Å². The van der Waals surface area contributed by atoms with Gasteiger partial charge in [-0.25, -0.2) is 0 Å². The molecule has 2 heteroatoms. The molecule has 1 aliphatic carbocycles. The molecule has 2 nitrogen and oxygen atoms in total. The second kappa shape index (κ2) is 10.4. The number of nitrogens with zero attached hydrogens (tertiary/aromatic N) is 1. The van der Waals surface area contributed by atoms with Crippen LogP contribution in [0, 0.1) is 0 Å². The minimum atomic E-state index is -0.0549. The Bertz CT molecular complexity index is 2730. The third-order valence-electron chi connectivity index (χ3n) is 10.6. The van der Waals surface area contributed by atoms with Gasteiger partial charge in [0.05, 0.1) is 0 Å². The summed E-state index contributed by atoms with van der Waals surface area (Å²) in [5, 5.41) is 7.09. The first-order valence-corrected chi connectivity index (χ1v) is 17.0. The summed E-state index contributed by atoms with van der Waals surface area (Å²) in [6.07, 6.45) is 0. The first-order chi connectivity index (χ1) is 24.0. The molecule has 0 bridgehead atoms. The van der Waals surface area contributed by atoms with Gasteiger partial charge in [-0.05, 0) is 98.1 Å². The predicted octanol–water partition coefficient (Wildman–Crippen LogP) is 13.3. The zero-order valence-corrected chi connectivity index (χ0v) is 27.4. The van der Waals surface area contributed by atoms with Gasteiger partial charge in [-0.1, -0.05) is 129 Å². The summed E-state index contributed by atoms with van der Waals surface area (Å²) < 4.78 is 6.52. The van der Waals surface area contributed by atoms with Crippen LogP contribution in [0.4, 0.5) is 17.1 Å². The maximum atomic E-state index is 6.52. The molecule has 0 unspecified atom stereocenters.